The fourth-order valence-corrected chi connectivity index (χ4v) is 1.67. The predicted octanol–water partition coefficient (Wildman–Crippen LogP) is 1.63. The molecule has 1 heterocycles. The van der Waals surface area contributed by atoms with Crippen LogP contribution in [0.4, 0.5) is 0 Å². The van der Waals surface area contributed by atoms with Crippen molar-refractivity contribution in [1.29, 1.82) is 0 Å². The highest BCUT2D eigenvalue weighted by Gasteiger charge is 2.09. The molecule has 0 fully saturated rings. The van der Waals surface area contributed by atoms with Gasteiger partial charge in [0, 0.05) is 12.6 Å². The number of nitrogens with two attached hydrogens (primary N) is 1. The van der Waals surface area contributed by atoms with Crippen LogP contribution in [0.15, 0.2) is 27.4 Å². The normalized spacial score (nSPS) is 13.3. The number of rotatable bonds is 2. The lowest BCUT2D eigenvalue weighted by molar-refractivity contribution is 0.513. The Morgan fingerprint density at radius 3 is 2.87 bits per heavy atom. The minimum atomic E-state index is -0.311. The third kappa shape index (κ3) is 1.57. The van der Waals surface area contributed by atoms with Gasteiger partial charge in [-0.25, -0.2) is 4.79 Å². The van der Waals surface area contributed by atoms with Gasteiger partial charge in [0.1, 0.15) is 0 Å². The molecule has 0 saturated carbocycles. The Morgan fingerprint density at radius 1 is 1.53 bits per heavy atom. The van der Waals surface area contributed by atoms with Crippen LogP contribution in [0.2, 0.25) is 0 Å². The van der Waals surface area contributed by atoms with Crippen LogP contribution < -0.4 is 11.5 Å². The van der Waals surface area contributed by atoms with Gasteiger partial charge in [-0.3, -0.25) is 4.57 Å². The quantitative estimate of drug-likeness (QED) is 0.812. The van der Waals surface area contributed by atoms with Crippen LogP contribution in [0.3, 0.4) is 0 Å². The fourth-order valence-electron chi connectivity index (χ4n) is 1.67. The van der Waals surface area contributed by atoms with E-state index < -0.39 is 0 Å². The molecule has 0 aliphatic rings. The molecule has 1 aromatic heterocycles. The maximum atomic E-state index is 11.4. The summed E-state index contributed by atoms with van der Waals surface area (Å²) in [5, 5.41) is 0. The minimum Gasteiger partial charge on any atom is -0.408 e. The van der Waals surface area contributed by atoms with Crippen molar-refractivity contribution < 1.29 is 4.42 Å². The van der Waals surface area contributed by atoms with Gasteiger partial charge in [-0.1, -0.05) is 6.07 Å². The van der Waals surface area contributed by atoms with Crippen molar-refractivity contribution in [3.05, 3.63) is 34.3 Å². The van der Waals surface area contributed by atoms with Crippen LogP contribution in [0.1, 0.15) is 25.5 Å². The molecule has 2 N–H and O–H groups in total. The molecule has 4 heteroatoms. The molecule has 0 aliphatic carbocycles. The molecule has 2 aromatic rings. The Hall–Kier alpha value is -1.55. The summed E-state index contributed by atoms with van der Waals surface area (Å²) >= 11 is 0. The molecule has 0 amide bonds. The van der Waals surface area contributed by atoms with Crippen LogP contribution in [0.25, 0.3) is 11.1 Å². The Labute approximate surface area is 87.3 Å². The number of benzene rings is 1. The molecule has 4 nitrogen and oxygen atoms in total. The van der Waals surface area contributed by atoms with E-state index in [0.29, 0.717) is 12.1 Å². The topological polar surface area (TPSA) is 61.2 Å². The first-order valence-corrected chi connectivity index (χ1v) is 5.02. The summed E-state index contributed by atoms with van der Waals surface area (Å²) in [6.07, 6.45) is 0. The van der Waals surface area contributed by atoms with Gasteiger partial charge >= 0.3 is 5.76 Å². The molecular formula is C11H14N2O2. The number of aromatic nitrogens is 1. The number of hydrogen-bond acceptors (Lipinski definition) is 3. The summed E-state index contributed by atoms with van der Waals surface area (Å²) in [6, 6.07) is 5.58. The summed E-state index contributed by atoms with van der Waals surface area (Å²) in [5.41, 5.74) is 8.16. The van der Waals surface area contributed by atoms with Gasteiger partial charge in [0.2, 0.25) is 0 Å². The molecule has 1 atom stereocenters. The van der Waals surface area contributed by atoms with Crippen molar-refractivity contribution >= 4 is 11.1 Å². The van der Waals surface area contributed by atoms with E-state index in [1.165, 1.54) is 0 Å². The van der Waals surface area contributed by atoms with Gasteiger partial charge in [-0.15, -0.1) is 0 Å². The summed E-state index contributed by atoms with van der Waals surface area (Å²) in [4.78, 5) is 11.4. The number of fused-ring (bicyclic) bond motifs is 1. The number of nitrogens with zero attached hydrogens (tertiary/aromatic N) is 1. The molecule has 0 spiro atoms. The van der Waals surface area contributed by atoms with Gasteiger partial charge in [0.25, 0.3) is 0 Å². The van der Waals surface area contributed by atoms with Crippen molar-refractivity contribution in [2.24, 2.45) is 5.73 Å². The van der Waals surface area contributed by atoms with E-state index >= 15 is 0 Å². The molecule has 0 aliphatic heterocycles. The molecular weight excluding hydrogens is 192 g/mol. The molecule has 0 unspecified atom stereocenters. The first kappa shape index (κ1) is 9.98. The summed E-state index contributed by atoms with van der Waals surface area (Å²) in [6.45, 7) is 4.43. The maximum Gasteiger partial charge on any atom is 0.419 e. The third-order valence-electron chi connectivity index (χ3n) is 2.53. The standard InChI is InChI=1S/C11H14N2O2/c1-3-13-9-5-4-8(7(2)12)6-10(9)15-11(13)14/h4-7H,3,12H2,1-2H3/t7-/m0/s1. The zero-order valence-electron chi connectivity index (χ0n) is 8.86. The summed E-state index contributed by atoms with van der Waals surface area (Å²) in [5.74, 6) is -0.311. The molecule has 15 heavy (non-hydrogen) atoms. The molecule has 0 bridgehead atoms. The smallest absolute Gasteiger partial charge is 0.408 e. The zero-order chi connectivity index (χ0) is 11.0. The SMILES string of the molecule is CCn1c(=O)oc2cc([C@H](C)N)ccc21. The lowest BCUT2D eigenvalue weighted by Crippen LogP contribution is -2.12. The summed E-state index contributed by atoms with van der Waals surface area (Å²) in [7, 11) is 0. The molecule has 0 radical (unpaired) electrons. The van der Waals surface area contributed by atoms with Gasteiger partial charge in [0.15, 0.2) is 5.58 Å². The van der Waals surface area contributed by atoms with Crippen LogP contribution in [-0.4, -0.2) is 4.57 Å². The van der Waals surface area contributed by atoms with Gasteiger partial charge in [-0.05, 0) is 31.5 Å². The van der Waals surface area contributed by atoms with Crippen molar-refractivity contribution in [2.45, 2.75) is 26.4 Å². The average molecular weight is 206 g/mol. The molecule has 1 aromatic carbocycles. The van der Waals surface area contributed by atoms with Gasteiger partial charge in [-0.2, -0.15) is 0 Å². The van der Waals surface area contributed by atoms with Crippen molar-refractivity contribution in [2.75, 3.05) is 0 Å². The number of oxazole rings is 1. The molecule has 0 saturated heterocycles. The fraction of sp³-hybridized carbons (Fsp3) is 0.364. The largest absolute Gasteiger partial charge is 0.419 e. The Bertz CT molecular complexity index is 537. The summed E-state index contributed by atoms with van der Waals surface area (Å²) < 4.78 is 6.73. The van der Waals surface area contributed by atoms with Crippen LogP contribution in [0.5, 0.6) is 0 Å². The van der Waals surface area contributed by atoms with E-state index in [0.717, 1.165) is 11.1 Å². The minimum absolute atomic E-state index is 0.0512. The number of hydrogen-bond donors (Lipinski definition) is 1. The van der Waals surface area contributed by atoms with Crippen molar-refractivity contribution in [1.82, 2.24) is 4.57 Å². The number of aryl methyl sites for hydroxylation is 1. The average Bonchev–Trinajstić information content (AvgIpc) is 2.51. The van der Waals surface area contributed by atoms with E-state index in [9.17, 15) is 4.79 Å². The Morgan fingerprint density at radius 2 is 2.27 bits per heavy atom. The highest BCUT2D eigenvalue weighted by atomic mass is 16.4. The third-order valence-corrected chi connectivity index (χ3v) is 2.53. The predicted molar refractivity (Wildman–Crippen MR) is 58.8 cm³/mol. The second-order valence-corrected chi connectivity index (χ2v) is 3.63. The van der Waals surface area contributed by atoms with Crippen molar-refractivity contribution in [3.63, 3.8) is 0 Å². The first-order chi connectivity index (χ1) is 7.13. The lowest BCUT2D eigenvalue weighted by Gasteiger charge is -2.04. The first-order valence-electron chi connectivity index (χ1n) is 5.02. The van der Waals surface area contributed by atoms with Gasteiger partial charge in [0.05, 0.1) is 5.52 Å². The van der Waals surface area contributed by atoms with Gasteiger partial charge < -0.3 is 10.2 Å². The molecule has 80 valence electrons. The van der Waals surface area contributed by atoms with E-state index in [2.05, 4.69) is 0 Å². The maximum absolute atomic E-state index is 11.4. The molecule has 2 rings (SSSR count). The highest BCUT2D eigenvalue weighted by molar-refractivity contribution is 5.73. The van der Waals surface area contributed by atoms with Crippen LogP contribution in [0, 0.1) is 0 Å². The van der Waals surface area contributed by atoms with E-state index in [1.807, 2.05) is 32.0 Å². The van der Waals surface area contributed by atoms with Crippen LogP contribution >= 0.6 is 0 Å². The van der Waals surface area contributed by atoms with Crippen molar-refractivity contribution in [3.8, 4) is 0 Å². The second-order valence-electron chi connectivity index (χ2n) is 3.63. The van der Waals surface area contributed by atoms with E-state index in [-0.39, 0.29) is 11.8 Å². The Kier molecular flexibility index (Phi) is 2.36. The van der Waals surface area contributed by atoms with E-state index in [4.69, 9.17) is 10.2 Å². The Balaban J connectivity index is 2.70. The lowest BCUT2D eigenvalue weighted by atomic mass is 10.1. The van der Waals surface area contributed by atoms with E-state index in [1.54, 1.807) is 4.57 Å². The highest BCUT2D eigenvalue weighted by Crippen LogP contribution is 2.18. The zero-order valence-corrected chi connectivity index (χ0v) is 8.86. The second kappa shape index (κ2) is 3.55. The monoisotopic (exact) mass is 206 g/mol. The van der Waals surface area contributed by atoms with Crippen LogP contribution in [-0.2, 0) is 6.54 Å².